The number of sulfonamides is 1. The maximum absolute atomic E-state index is 12.6. The van der Waals surface area contributed by atoms with Crippen LogP contribution in [0.2, 0.25) is 0 Å². The van der Waals surface area contributed by atoms with E-state index in [0.717, 1.165) is 24.2 Å². The van der Waals surface area contributed by atoms with Crippen LogP contribution in [0.4, 0.5) is 4.79 Å². The molecule has 1 aromatic rings. The number of rotatable bonds is 7. The van der Waals surface area contributed by atoms with Gasteiger partial charge in [-0.2, -0.15) is 4.31 Å². The van der Waals surface area contributed by atoms with Crippen LogP contribution in [-0.2, 0) is 19.6 Å². The molecule has 1 saturated heterocycles. The first-order valence-corrected chi connectivity index (χ1v) is 10.5. The molecule has 1 aliphatic heterocycles. The SMILES string of the molecule is CCCNC(=O)NC(=O)COC(=O)c1sccc1S(=O)(=O)N1CCCC1. The van der Waals surface area contributed by atoms with E-state index in [-0.39, 0.29) is 9.77 Å². The Morgan fingerprint density at radius 3 is 2.62 bits per heavy atom. The van der Waals surface area contributed by atoms with Gasteiger partial charge in [0, 0.05) is 19.6 Å². The summed E-state index contributed by atoms with van der Waals surface area (Å²) in [7, 11) is -3.76. The highest BCUT2D eigenvalue weighted by Gasteiger charge is 2.32. The summed E-state index contributed by atoms with van der Waals surface area (Å²) in [5, 5.41) is 5.94. The predicted octanol–water partition coefficient (Wildman–Crippen LogP) is 0.925. The molecule has 9 nitrogen and oxygen atoms in total. The zero-order chi connectivity index (χ0) is 19.2. The van der Waals surface area contributed by atoms with Crippen molar-refractivity contribution < 1.29 is 27.5 Å². The quantitative estimate of drug-likeness (QED) is 0.653. The fraction of sp³-hybridized carbons (Fsp3) is 0.533. The van der Waals surface area contributed by atoms with Gasteiger partial charge in [-0.3, -0.25) is 10.1 Å². The first kappa shape index (κ1) is 20.3. The van der Waals surface area contributed by atoms with Crippen LogP contribution in [0.25, 0.3) is 0 Å². The number of carbonyl (C=O) groups is 3. The fourth-order valence-electron chi connectivity index (χ4n) is 2.36. The van der Waals surface area contributed by atoms with Crippen molar-refractivity contribution in [3.8, 4) is 0 Å². The molecule has 0 aliphatic carbocycles. The second-order valence-electron chi connectivity index (χ2n) is 5.61. The molecule has 2 heterocycles. The molecular formula is C15H21N3O6S2. The van der Waals surface area contributed by atoms with Gasteiger partial charge in [0.15, 0.2) is 6.61 Å². The first-order chi connectivity index (χ1) is 12.4. The Bertz CT molecular complexity index is 768. The van der Waals surface area contributed by atoms with Crippen molar-refractivity contribution in [2.45, 2.75) is 31.1 Å². The molecule has 1 aromatic heterocycles. The second-order valence-corrected chi connectivity index (χ2v) is 8.43. The number of urea groups is 1. The summed E-state index contributed by atoms with van der Waals surface area (Å²) in [6.07, 6.45) is 2.27. The molecule has 0 radical (unpaired) electrons. The van der Waals surface area contributed by atoms with Gasteiger partial charge in [0.2, 0.25) is 10.0 Å². The molecule has 1 fully saturated rings. The molecule has 2 N–H and O–H groups in total. The minimum Gasteiger partial charge on any atom is -0.451 e. The van der Waals surface area contributed by atoms with Gasteiger partial charge in [-0.1, -0.05) is 6.92 Å². The summed E-state index contributed by atoms with van der Waals surface area (Å²) in [5.41, 5.74) is 0. The largest absolute Gasteiger partial charge is 0.451 e. The number of imide groups is 1. The van der Waals surface area contributed by atoms with Gasteiger partial charge in [-0.05, 0) is 30.7 Å². The minimum atomic E-state index is -3.76. The fourth-order valence-corrected chi connectivity index (χ4v) is 5.16. The van der Waals surface area contributed by atoms with Crippen LogP contribution in [0.15, 0.2) is 16.3 Å². The van der Waals surface area contributed by atoms with Crippen molar-refractivity contribution in [3.05, 3.63) is 16.3 Å². The van der Waals surface area contributed by atoms with E-state index in [2.05, 4.69) is 5.32 Å². The highest BCUT2D eigenvalue weighted by molar-refractivity contribution is 7.89. The van der Waals surface area contributed by atoms with Crippen molar-refractivity contribution in [2.75, 3.05) is 26.2 Å². The smallest absolute Gasteiger partial charge is 0.350 e. The van der Waals surface area contributed by atoms with Gasteiger partial charge >= 0.3 is 12.0 Å². The number of esters is 1. The van der Waals surface area contributed by atoms with Gasteiger partial charge in [0.05, 0.1) is 0 Å². The lowest BCUT2D eigenvalue weighted by Crippen LogP contribution is -2.41. The molecule has 0 atom stereocenters. The molecule has 0 bridgehead atoms. The normalized spacial score (nSPS) is 14.8. The lowest BCUT2D eigenvalue weighted by molar-refractivity contribution is -0.123. The van der Waals surface area contributed by atoms with E-state index in [1.54, 1.807) is 0 Å². The molecule has 0 spiro atoms. The van der Waals surface area contributed by atoms with Crippen LogP contribution in [0.3, 0.4) is 0 Å². The average molecular weight is 403 g/mol. The van der Waals surface area contributed by atoms with E-state index in [1.807, 2.05) is 12.2 Å². The number of hydrogen-bond acceptors (Lipinski definition) is 7. The topological polar surface area (TPSA) is 122 Å². The zero-order valence-electron chi connectivity index (χ0n) is 14.3. The maximum atomic E-state index is 12.6. The summed E-state index contributed by atoms with van der Waals surface area (Å²) in [6, 6.07) is 0.675. The van der Waals surface area contributed by atoms with E-state index in [1.165, 1.54) is 15.8 Å². The number of nitrogens with one attached hydrogen (secondary N) is 2. The van der Waals surface area contributed by atoms with Gasteiger partial charge in [0.25, 0.3) is 5.91 Å². The Hall–Kier alpha value is -1.98. The van der Waals surface area contributed by atoms with Crippen molar-refractivity contribution in [1.29, 1.82) is 0 Å². The molecule has 2 rings (SSSR count). The third-order valence-electron chi connectivity index (χ3n) is 3.62. The van der Waals surface area contributed by atoms with Crippen molar-refractivity contribution in [3.63, 3.8) is 0 Å². The Kier molecular flexibility index (Phi) is 7.12. The summed E-state index contributed by atoms with van der Waals surface area (Å²) < 4.78 is 31.4. The van der Waals surface area contributed by atoms with Crippen molar-refractivity contribution >= 4 is 39.3 Å². The Morgan fingerprint density at radius 2 is 1.96 bits per heavy atom. The lowest BCUT2D eigenvalue weighted by atomic mass is 10.4. The first-order valence-electron chi connectivity index (χ1n) is 8.18. The molecule has 0 unspecified atom stereocenters. The van der Waals surface area contributed by atoms with Crippen LogP contribution in [0.5, 0.6) is 0 Å². The number of amides is 3. The molecular weight excluding hydrogens is 382 g/mol. The number of hydrogen-bond donors (Lipinski definition) is 2. The number of thiophene rings is 1. The van der Waals surface area contributed by atoms with Gasteiger partial charge in [0.1, 0.15) is 9.77 Å². The molecule has 144 valence electrons. The van der Waals surface area contributed by atoms with Crippen LogP contribution >= 0.6 is 11.3 Å². The highest BCUT2D eigenvalue weighted by atomic mass is 32.2. The zero-order valence-corrected chi connectivity index (χ0v) is 16.0. The number of nitrogens with zero attached hydrogens (tertiary/aromatic N) is 1. The van der Waals surface area contributed by atoms with Crippen LogP contribution in [0.1, 0.15) is 35.9 Å². The van der Waals surface area contributed by atoms with Crippen molar-refractivity contribution in [2.24, 2.45) is 0 Å². The standard InChI is InChI=1S/C15H21N3O6S2/c1-2-6-16-15(21)17-12(19)10-24-14(20)13-11(5-9-25-13)26(22,23)18-7-3-4-8-18/h5,9H,2-4,6-8,10H2,1H3,(H2,16,17,19,21). The number of ether oxygens (including phenoxy) is 1. The Balaban J connectivity index is 1.96. The van der Waals surface area contributed by atoms with Gasteiger partial charge < -0.3 is 10.1 Å². The summed E-state index contributed by atoms with van der Waals surface area (Å²) in [6.45, 7) is 2.42. The van der Waals surface area contributed by atoms with E-state index >= 15 is 0 Å². The average Bonchev–Trinajstić information content (AvgIpc) is 3.29. The Morgan fingerprint density at radius 1 is 1.27 bits per heavy atom. The van der Waals surface area contributed by atoms with Crippen LogP contribution < -0.4 is 10.6 Å². The van der Waals surface area contributed by atoms with Gasteiger partial charge in [-0.15, -0.1) is 11.3 Å². The van der Waals surface area contributed by atoms with E-state index < -0.39 is 34.5 Å². The minimum absolute atomic E-state index is 0.0832. The molecule has 3 amide bonds. The maximum Gasteiger partial charge on any atom is 0.350 e. The van der Waals surface area contributed by atoms with Crippen molar-refractivity contribution in [1.82, 2.24) is 14.9 Å². The molecule has 0 saturated carbocycles. The van der Waals surface area contributed by atoms with Gasteiger partial charge in [-0.25, -0.2) is 18.0 Å². The van der Waals surface area contributed by atoms with Crippen LogP contribution in [0, 0.1) is 0 Å². The summed E-state index contributed by atoms with van der Waals surface area (Å²) >= 11 is 0.929. The van der Waals surface area contributed by atoms with Crippen LogP contribution in [-0.4, -0.2) is 56.9 Å². The Labute approximate surface area is 155 Å². The number of carbonyl (C=O) groups excluding carboxylic acids is 3. The monoisotopic (exact) mass is 403 g/mol. The molecule has 1 aliphatic rings. The second kappa shape index (κ2) is 9.10. The molecule has 11 heteroatoms. The van der Waals surface area contributed by atoms with E-state index in [0.29, 0.717) is 26.1 Å². The van der Waals surface area contributed by atoms with E-state index in [4.69, 9.17) is 4.74 Å². The van der Waals surface area contributed by atoms with E-state index in [9.17, 15) is 22.8 Å². The third kappa shape index (κ3) is 5.02. The third-order valence-corrected chi connectivity index (χ3v) is 6.58. The predicted molar refractivity (Wildman–Crippen MR) is 94.4 cm³/mol. The molecule has 0 aromatic carbocycles. The summed E-state index contributed by atoms with van der Waals surface area (Å²) in [5.74, 6) is -1.71. The lowest BCUT2D eigenvalue weighted by Gasteiger charge is -2.15. The molecule has 26 heavy (non-hydrogen) atoms. The summed E-state index contributed by atoms with van der Waals surface area (Å²) in [4.78, 5) is 34.9. The highest BCUT2D eigenvalue weighted by Crippen LogP contribution is 2.28.